The number of hydrogen-bond acceptors (Lipinski definition) is 6. The van der Waals surface area contributed by atoms with Gasteiger partial charge >= 0.3 is 0 Å². The maximum atomic E-state index is 12.9. The first-order chi connectivity index (χ1) is 12.5. The van der Waals surface area contributed by atoms with Crippen LogP contribution in [0.25, 0.3) is 10.6 Å². The minimum Gasteiger partial charge on any atom is -0.481 e. The van der Waals surface area contributed by atoms with E-state index in [1.807, 2.05) is 16.8 Å². The molecule has 0 bridgehead atoms. The van der Waals surface area contributed by atoms with Gasteiger partial charge in [-0.1, -0.05) is 0 Å². The summed E-state index contributed by atoms with van der Waals surface area (Å²) in [5, 5.41) is 6.22. The molecule has 9 heteroatoms. The van der Waals surface area contributed by atoms with Gasteiger partial charge < -0.3 is 4.74 Å². The van der Waals surface area contributed by atoms with Gasteiger partial charge in [0.15, 0.2) is 6.10 Å². The maximum absolute atomic E-state index is 12.9. The molecule has 26 heavy (non-hydrogen) atoms. The van der Waals surface area contributed by atoms with E-state index in [2.05, 4.69) is 15.8 Å². The number of nitrogens with zero attached hydrogens (tertiary/aromatic N) is 1. The van der Waals surface area contributed by atoms with Crippen LogP contribution in [-0.4, -0.2) is 22.9 Å². The molecule has 2 N–H and O–H groups in total. The molecule has 0 unspecified atom stereocenters. The molecule has 0 aliphatic carbocycles. The summed E-state index contributed by atoms with van der Waals surface area (Å²) in [4.78, 5) is 28.3. The fourth-order valence-corrected chi connectivity index (χ4v) is 3.46. The van der Waals surface area contributed by atoms with Crippen LogP contribution in [0.5, 0.6) is 5.75 Å². The summed E-state index contributed by atoms with van der Waals surface area (Å²) in [7, 11) is 0. The highest BCUT2D eigenvalue weighted by molar-refractivity contribution is 7.14. The Balaban J connectivity index is 1.52. The lowest BCUT2D eigenvalue weighted by molar-refractivity contribution is -0.128. The second-order valence-electron chi connectivity index (χ2n) is 5.21. The predicted molar refractivity (Wildman–Crippen MR) is 97.5 cm³/mol. The number of amides is 2. The number of thiophene rings is 1. The highest BCUT2D eigenvalue weighted by Gasteiger charge is 2.17. The molecule has 0 aliphatic heterocycles. The van der Waals surface area contributed by atoms with Crippen molar-refractivity contribution in [1.29, 1.82) is 0 Å². The van der Waals surface area contributed by atoms with Crippen LogP contribution in [0.3, 0.4) is 0 Å². The van der Waals surface area contributed by atoms with Crippen LogP contribution in [0.2, 0.25) is 0 Å². The van der Waals surface area contributed by atoms with Crippen molar-refractivity contribution in [3.8, 4) is 16.3 Å². The second-order valence-corrected chi connectivity index (χ2v) is 6.85. The number of carbonyl (C=O) groups excluding carboxylic acids is 2. The van der Waals surface area contributed by atoms with E-state index in [1.165, 1.54) is 42.5 Å². The van der Waals surface area contributed by atoms with Crippen LogP contribution >= 0.6 is 22.7 Å². The Hall–Kier alpha value is -2.78. The summed E-state index contributed by atoms with van der Waals surface area (Å²) in [5.74, 6) is -1.12. The Labute approximate surface area is 156 Å². The van der Waals surface area contributed by atoms with Crippen LogP contribution < -0.4 is 15.6 Å². The van der Waals surface area contributed by atoms with Gasteiger partial charge in [-0.3, -0.25) is 20.4 Å². The largest absolute Gasteiger partial charge is 0.481 e. The summed E-state index contributed by atoms with van der Waals surface area (Å²) in [6.07, 6.45) is -0.877. The zero-order valence-electron chi connectivity index (χ0n) is 13.6. The summed E-state index contributed by atoms with van der Waals surface area (Å²) in [5.41, 5.74) is 5.75. The van der Waals surface area contributed by atoms with Crippen LogP contribution in [0.1, 0.15) is 17.4 Å². The normalized spacial score (nSPS) is 11.6. The average Bonchev–Trinajstić information content (AvgIpc) is 3.32. The molecule has 0 fully saturated rings. The molecular formula is C17H14FN3O3S2. The third-order valence-electron chi connectivity index (χ3n) is 3.30. The van der Waals surface area contributed by atoms with Gasteiger partial charge in [0.05, 0.1) is 0 Å². The third kappa shape index (κ3) is 4.44. The number of halogens is 1. The van der Waals surface area contributed by atoms with E-state index in [0.29, 0.717) is 5.75 Å². The van der Waals surface area contributed by atoms with Gasteiger partial charge in [0, 0.05) is 16.3 Å². The molecular weight excluding hydrogens is 377 g/mol. The quantitative estimate of drug-likeness (QED) is 0.655. The summed E-state index contributed by atoms with van der Waals surface area (Å²) < 4.78 is 18.2. The molecule has 3 rings (SSSR count). The smallest absolute Gasteiger partial charge is 0.289 e. The minimum absolute atomic E-state index is 0.212. The number of hydrazine groups is 1. The number of hydrogen-bond donors (Lipinski definition) is 2. The van der Waals surface area contributed by atoms with E-state index < -0.39 is 23.7 Å². The Morgan fingerprint density at radius 3 is 2.62 bits per heavy atom. The lowest BCUT2D eigenvalue weighted by Crippen LogP contribution is -2.47. The monoisotopic (exact) mass is 391 g/mol. The number of aromatic nitrogens is 1. The fourth-order valence-electron chi connectivity index (χ4n) is 1.95. The van der Waals surface area contributed by atoms with Gasteiger partial charge in [0.1, 0.15) is 22.3 Å². The topological polar surface area (TPSA) is 80.3 Å². The molecule has 2 aromatic heterocycles. The molecule has 0 radical (unpaired) electrons. The standard InChI is InChI=1S/C17H14FN3O3S2/c1-10(24-13-4-2-12(18)3-5-13)15(22)20-21-16(23)14-9-26-17(19-14)11-6-7-25-8-11/h2-10H,1H3,(H,20,22)(H,21,23)/t10-/m0/s1. The van der Waals surface area contributed by atoms with E-state index in [0.717, 1.165) is 10.6 Å². The lowest BCUT2D eigenvalue weighted by atomic mass is 10.3. The zero-order chi connectivity index (χ0) is 18.5. The average molecular weight is 391 g/mol. The molecule has 2 heterocycles. The SMILES string of the molecule is C[C@H](Oc1ccc(F)cc1)C(=O)NNC(=O)c1csc(-c2ccsc2)n1. The highest BCUT2D eigenvalue weighted by Crippen LogP contribution is 2.25. The van der Waals surface area contributed by atoms with Gasteiger partial charge in [0.2, 0.25) is 0 Å². The molecule has 0 saturated carbocycles. The van der Waals surface area contributed by atoms with E-state index in [9.17, 15) is 14.0 Å². The molecule has 0 saturated heterocycles. The number of benzene rings is 1. The van der Waals surface area contributed by atoms with Crippen molar-refractivity contribution >= 4 is 34.5 Å². The molecule has 3 aromatic rings. The summed E-state index contributed by atoms with van der Waals surface area (Å²) >= 11 is 2.89. The fraction of sp³-hybridized carbons (Fsp3) is 0.118. The highest BCUT2D eigenvalue weighted by atomic mass is 32.1. The van der Waals surface area contributed by atoms with E-state index >= 15 is 0 Å². The first-order valence-corrected chi connectivity index (χ1v) is 9.35. The molecule has 0 spiro atoms. The number of ether oxygens (including phenoxy) is 1. The summed E-state index contributed by atoms with van der Waals surface area (Å²) in [6.45, 7) is 1.52. The van der Waals surface area contributed by atoms with Gasteiger partial charge in [-0.2, -0.15) is 11.3 Å². The van der Waals surface area contributed by atoms with E-state index in [4.69, 9.17) is 4.74 Å². The molecule has 0 aliphatic rings. The van der Waals surface area contributed by atoms with Crippen molar-refractivity contribution in [3.05, 3.63) is 58.0 Å². The van der Waals surface area contributed by atoms with Crippen LogP contribution in [0.4, 0.5) is 4.39 Å². The van der Waals surface area contributed by atoms with Crippen molar-refractivity contribution < 1.29 is 18.7 Å². The van der Waals surface area contributed by atoms with Crippen LogP contribution in [-0.2, 0) is 4.79 Å². The van der Waals surface area contributed by atoms with Gasteiger partial charge in [-0.05, 0) is 42.6 Å². The zero-order valence-corrected chi connectivity index (χ0v) is 15.2. The number of rotatable bonds is 5. The van der Waals surface area contributed by atoms with E-state index in [-0.39, 0.29) is 5.69 Å². The molecule has 1 aromatic carbocycles. The Morgan fingerprint density at radius 2 is 1.92 bits per heavy atom. The minimum atomic E-state index is -0.877. The lowest BCUT2D eigenvalue weighted by Gasteiger charge is -2.14. The van der Waals surface area contributed by atoms with Crippen molar-refractivity contribution in [2.45, 2.75) is 13.0 Å². The van der Waals surface area contributed by atoms with Crippen molar-refractivity contribution in [3.63, 3.8) is 0 Å². The number of carbonyl (C=O) groups is 2. The first kappa shape index (κ1) is 18.0. The van der Waals surface area contributed by atoms with Gasteiger partial charge in [0.25, 0.3) is 11.8 Å². The summed E-state index contributed by atoms with van der Waals surface area (Å²) in [6, 6.07) is 7.21. The Bertz CT molecular complexity index is 894. The molecule has 134 valence electrons. The van der Waals surface area contributed by atoms with Gasteiger partial charge in [-0.25, -0.2) is 9.37 Å². The van der Waals surface area contributed by atoms with Crippen LogP contribution in [0, 0.1) is 5.82 Å². The third-order valence-corrected chi connectivity index (χ3v) is 4.87. The number of nitrogens with one attached hydrogen (secondary N) is 2. The molecule has 2 amide bonds. The van der Waals surface area contributed by atoms with Gasteiger partial charge in [-0.15, -0.1) is 11.3 Å². The predicted octanol–water partition coefficient (Wildman–Crippen LogP) is 3.24. The second kappa shape index (κ2) is 8.07. The molecule has 6 nitrogen and oxygen atoms in total. The van der Waals surface area contributed by atoms with Crippen molar-refractivity contribution in [1.82, 2.24) is 15.8 Å². The van der Waals surface area contributed by atoms with Crippen molar-refractivity contribution in [2.75, 3.05) is 0 Å². The Kier molecular flexibility index (Phi) is 5.59. The Morgan fingerprint density at radius 1 is 1.15 bits per heavy atom. The molecule has 1 atom stereocenters. The van der Waals surface area contributed by atoms with E-state index in [1.54, 1.807) is 16.7 Å². The van der Waals surface area contributed by atoms with Crippen LogP contribution in [0.15, 0.2) is 46.5 Å². The number of thiazole rings is 1. The van der Waals surface area contributed by atoms with Crippen molar-refractivity contribution in [2.24, 2.45) is 0 Å². The first-order valence-electron chi connectivity index (χ1n) is 7.53. The maximum Gasteiger partial charge on any atom is 0.289 e.